The third-order valence-electron chi connectivity index (χ3n) is 4.74. The smallest absolute Gasteiger partial charge is 0.159 e. The number of hydrogen-bond donors (Lipinski definition) is 1. The summed E-state index contributed by atoms with van der Waals surface area (Å²) in [5.74, 6) is 0.755. The predicted octanol–water partition coefficient (Wildman–Crippen LogP) is 6.08. The molecule has 2 aromatic carbocycles. The molecule has 1 aromatic heterocycles. The van der Waals surface area contributed by atoms with E-state index in [-0.39, 0.29) is 11.9 Å². The van der Waals surface area contributed by atoms with Crippen molar-refractivity contribution in [2.24, 2.45) is 0 Å². The van der Waals surface area contributed by atoms with Crippen molar-refractivity contribution < 1.29 is 14.2 Å². The Morgan fingerprint density at radius 2 is 1.81 bits per heavy atom. The van der Waals surface area contributed by atoms with E-state index in [1.165, 1.54) is 6.07 Å². The normalized spacial score (nSPS) is 12.1. The average molecular weight is 419 g/mol. The highest BCUT2D eigenvalue weighted by molar-refractivity contribution is 5.69. The molecule has 0 fully saturated rings. The van der Waals surface area contributed by atoms with Crippen molar-refractivity contribution in [2.75, 3.05) is 6.61 Å². The number of ether oxygens (including phenoxy) is 1. The van der Waals surface area contributed by atoms with Crippen LogP contribution in [0.25, 0.3) is 28.6 Å². The van der Waals surface area contributed by atoms with Crippen LogP contribution in [0.1, 0.15) is 31.7 Å². The fourth-order valence-corrected chi connectivity index (χ4v) is 3.10. The van der Waals surface area contributed by atoms with Gasteiger partial charge in [-0.1, -0.05) is 49.1 Å². The molecule has 0 aliphatic carbocycles. The van der Waals surface area contributed by atoms with Gasteiger partial charge < -0.3 is 9.84 Å². The summed E-state index contributed by atoms with van der Waals surface area (Å²) in [5, 5.41) is 9.27. The Labute approximate surface area is 182 Å². The van der Waals surface area contributed by atoms with Gasteiger partial charge in [-0.05, 0) is 43.9 Å². The number of aliphatic hydroxyl groups excluding tert-OH is 1. The SMILES string of the molecule is C=CCOc1ccc(-c2ccc(-c3ncc(C=CCCCC(C)O)cn3)cc2)c(F)c1. The van der Waals surface area contributed by atoms with E-state index in [0.717, 1.165) is 36.0 Å². The lowest BCUT2D eigenvalue weighted by Crippen LogP contribution is -1.97. The fourth-order valence-electron chi connectivity index (χ4n) is 3.10. The first-order valence-corrected chi connectivity index (χ1v) is 10.4. The summed E-state index contributed by atoms with van der Waals surface area (Å²) >= 11 is 0. The van der Waals surface area contributed by atoms with Gasteiger partial charge in [0.25, 0.3) is 0 Å². The van der Waals surface area contributed by atoms with Gasteiger partial charge in [0.1, 0.15) is 18.2 Å². The second-order valence-electron chi connectivity index (χ2n) is 7.34. The number of unbranched alkanes of at least 4 members (excludes halogenated alkanes) is 1. The zero-order valence-corrected chi connectivity index (χ0v) is 17.7. The molecule has 1 heterocycles. The number of halogens is 1. The van der Waals surface area contributed by atoms with E-state index in [9.17, 15) is 9.50 Å². The van der Waals surface area contributed by atoms with E-state index in [4.69, 9.17) is 4.74 Å². The summed E-state index contributed by atoms with van der Waals surface area (Å²) in [6, 6.07) is 12.3. The van der Waals surface area contributed by atoms with Crippen LogP contribution in [-0.4, -0.2) is 27.8 Å². The van der Waals surface area contributed by atoms with E-state index >= 15 is 0 Å². The zero-order chi connectivity index (χ0) is 22.1. The lowest BCUT2D eigenvalue weighted by molar-refractivity contribution is 0.182. The van der Waals surface area contributed by atoms with Gasteiger partial charge in [0.2, 0.25) is 0 Å². The van der Waals surface area contributed by atoms with Crippen LogP contribution in [0, 0.1) is 5.82 Å². The van der Waals surface area contributed by atoms with Crippen LogP contribution in [0.15, 0.2) is 73.6 Å². The first kappa shape index (κ1) is 22.4. The number of benzene rings is 2. The Morgan fingerprint density at radius 1 is 1.10 bits per heavy atom. The number of hydrogen-bond acceptors (Lipinski definition) is 4. The standard InChI is InChI=1S/C26H27FN2O2/c1-3-15-31-23-13-14-24(25(27)16-23)21-9-11-22(12-10-21)26-28-17-20(18-29-26)8-6-4-5-7-19(2)30/h3,6,8-14,16-19,30H,1,4-5,7,15H2,2H3. The third kappa shape index (κ3) is 6.59. The van der Waals surface area contributed by atoms with Crippen LogP contribution in [0.4, 0.5) is 4.39 Å². The molecule has 1 N–H and O–H groups in total. The Bertz CT molecular complexity index is 1010. The molecule has 3 rings (SSSR count). The molecule has 4 nitrogen and oxygen atoms in total. The number of rotatable bonds is 10. The second-order valence-corrected chi connectivity index (χ2v) is 7.34. The van der Waals surface area contributed by atoms with E-state index in [0.29, 0.717) is 23.7 Å². The largest absolute Gasteiger partial charge is 0.489 e. The van der Waals surface area contributed by atoms with Crippen LogP contribution in [-0.2, 0) is 0 Å². The van der Waals surface area contributed by atoms with E-state index in [2.05, 4.69) is 22.6 Å². The van der Waals surface area contributed by atoms with Gasteiger partial charge in [-0.25, -0.2) is 14.4 Å². The Morgan fingerprint density at radius 3 is 2.45 bits per heavy atom. The molecule has 0 saturated heterocycles. The maximum absolute atomic E-state index is 14.5. The van der Waals surface area contributed by atoms with Gasteiger partial charge in [0.05, 0.1) is 6.10 Å². The van der Waals surface area contributed by atoms with Crippen molar-refractivity contribution in [3.05, 3.63) is 85.0 Å². The molecular formula is C26H27FN2O2. The van der Waals surface area contributed by atoms with Crippen LogP contribution in [0.5, 0.6) is 5.75 Å². The molecule has 1 atom stereocenters. The summed E-state index contributed by atoms with van der Waals surface area (Å²) in [5.41, 5.74) is 3.07. The highest BCUT2D eigenvalue weighted by Crippen LogP contribution is 2.28. The number of aromatic nitrogens is 2. The first-order chi connectivity index (χ1) is 15.1. The monoisotopic (exact) mass is 418 g/mol. The summed E-state index contributed by atoms with van der Waals surface area (Å²) < 4.78 is 19.8. The molecule has 0 radical (unpaired) electrons. The summed E-state index contributed by atoms with van der Waals surface area (Å²) in [6.45, 7) is 5.73. The van der Waals surface area contributed by atoms with Gasteiger partial charge in [-0.2, -0.15) is 0 Å². The van der Waals surface area contributed by atoms with Gasteiger partial charge in [0, 0.05) is 35.2 Å². The molecule has 31 heavy (non-hydrogen) atoms. The summed E-state index contributed by atoms with van der Waals surface area (Å²) in [4.78, 5) is 8.87. The molecule has 0 bridgehead atoms. The van der Waals surface area contributed by atoms with Crippen LogP contribution in [0.3, 0.4) is 0 Å². The van der Waals surface area contributed by atoms with Crippen molar-refractivity contribution in [2.45, 2.75) is 32.3 Å². The van der Waals surface area contributed by atoms with E-state index < -0.39 is 0 Å². The fraction of sp³-hybridized carbons (Fsp3) is 0.231. The van der Waals surface area contributed by atoms with Crippen molar-refractivity contribution in [3.63, 3.8) is 0 Å². The van der Waals surface area contributed by atoms with E-state index in [1.807, 2.05) is 30.3 Å². The van der Waals surface area contributed by atoms with Gasteiger partial charge in [-0.15, -0.1) is 0 Å². The van der Waals surface area contributed by atoms with Gasteiger partial charge in [-0.3, -0.25) is 0 Å². The van der Waals surface area contributed by atoms with Crippen molar-refractivity contribution >= 4 is 6.08 Å². The third-order valence-corrected chi connectivity index (χ3v) is 4.74. The molecule has 0 aliphatic rings. The van der Waals surface area contributed by atoms with Crippen molar-refractivity contribution in [1.29, 1.82) is 0 Å². The molecule has 0 aliphatic heterocycles. The molecule has 5 heteroatoms. The number of allylic oxidation sites excluding steroid dienone is 1. The predicted molar refractivity (Wildman–Crippen MR) is 123 cm³/mol. The summed E-state index contributed by atoms with van der Waals surface area (Å²) in [7, 11) is 0. The lowest BCUT2D eigenvalue weighted by Gasteiger charge is -2.08. The Hall–Kier alpha value is -3.31. The highest BCUT2D eigenvalue weighted by Gasteiger charge is 2.08. The molecular weight excluding hydrogens is 391 g/mol. The molecule has 0 amide bonds. The minimum atomic E-state index is -0.338. The second kappa shape index (κ2) is 11.2. The van der Waals surface area contributed by atoms with Crippen LogP contribution >= 0.6 is 0 Å². The molecule has 160 valence electrons. The quantitative estimate of drug-likeness (QED) is 0.320. The van der Waals surface area contributed by atoms with Crippen LogP contribution in [0.2, 0.25) is 0 Å². The molecule has 1 unspecified atom stereocenters. The van der Waals surface area contributed by atoms with Crippen molar-refractivity contribution in [3.8, 4) is 28.3 Å². The maximum Gasteiger partial charge on any atom is 0.159 e. The highest BCUT2D eigenvalue weighted by atomic mass is 19.1. The van der Waals surface area contributed by atoms with E-state index in [1.54, 1.807) is 37.5 Å². The van der Waals surface area contributed by atoms with Gasteiger partial charge >= 0.3 is 0 Å². The van der Waals surface area contributed by atoms with Crippen molar-refractivity contribution in [1.82, 2.24) is 9.97 Å². The molecule has 3 aromatic rings. The number of aliphatic hydroxyl groups is 1. The lowest BCUT2D eigenvalue weighted by atomic mass is 10.0. The molecule has 0 spiro atoms. The minimum Gasteiger partial charge on any atom is -0.489 e. The average Bonchev–Trinajstić information content (AvgIpc) is 2.78. The first-order valence-electron chi connectivity index (χ1n) is 10.4. The minimum absolute atomic E-state index is 0.255. The maximum atomic E-state index is 14.5. The topological polar surface area (TPSA) is 55.2 Å². The Kier molecular flexibility index (Phi) is 8.07. The summed E-state index contributed by atoms with van der Waals surface area (Å²) in [6.07, 6.45) is 11.6. The number of nitrogens with zero attached hydrogens (tertiary/aromatic N) is 2. The Balaban J connectivity index is 1.65. The molecule has 0 saturated carbocycles. The van der Waals surface area contributed by atoms with Gasteiger partial charge in [0.15, 0.2) is 5.82 Å². The zero-order valence-electron chi connectivity index (χ0n) is 17.7. The van der Waals surface area contributed by atoms with Crippen LogP contribution < -0.4 is 4.74 Å².